The van der Waals surface area contributed by atoms with Crippen LogP contribution in [0.2, 0.25) is 0 Å². The highest BCUT2D eigenvalue weighted by molar-refractivity contribution is 6.07. The molecule has 0 atom stereocenters. The van der Waals surface area contributed by atoms with Crippen LogP contribution in [0.5, 0.6) is 5.75 Å². The Balaban J connectivity index is 2.01. The summed E-state index contributed by atoms with van der Waals surface area (Å²) in [5, 5.41) is 24.2. The first-order valence-corrected chi connectivity index (χ1v) is 7.09. The maximum atomic E-state index is 12.1. The molecule has 2 rings (SSSR count). The van der Waals surface area contributed by atoms with E-state index < -0.39 is 5.91 Å². The maximum Gasteiger partial charge on any atom is 0.267 e. The van der Waals surface area contributed by atoms with Gasteiger partial charge in [0.2, 0.25) is 0 Å². The van der Waals surface area contributed by atoms with E-state index in [1.165, 1.54) is 12.3 Å². The van der Waals surface area contributed by atoms with Gasteiger partial charge in [0.05, 0.1) is 5.69 Å². The molecular formula is C18H17N3O2. The van der Waals surface area contributed by atoms with E-state index in [4.69, 9.17) is 5.26 Å². The number of benzene rings is 2. The van der Waals surface area contributed by atoms with Crippen molar-refractivity contribution in [3.8, 4) is 11.8 Å². The summed E-state index contributed by atoms with van der Waals surface area (Å²) in [4.78, 5) is 12.1. The van der Waals surface area contributed by atoms with Crippen molar-refractivity contribution in [3.63, 3.8) is 0 Å². The lowest BCUT2D eigenvalue weighted by molar-refractivity contribution is -0.112. The third kappa shape index (κ3) is 4.35. The van der Waals surface area contributed by atoms with Crippen molar-refractivity contribution < 1.29 is 9.90 Å². The minimum Gasteiger partial charge on any atom is -0.506 e. The van der Waals surface area contributed by atoms with Gasteiger partial charge in [-0.25, -0.2) is 0 Å². The zero-order chi connectivity index (χ0) is 16.7. The summed E-state index contributed by atoms with van der Waals surface area (Å²) in [6, 6.07) is 16.1. The van der Waals surface area contributed by atoms with Gasteiger partial charge in [0.25, 0.3) is 5.91 Å². The van der Waals surface area contributed by atoms with Crippen LogP contribution in [-0.2, 0) is 11.3 Å². The molecule has 23 heavy (non-hydrogen) atoms. The molecule has 3 N–H and O–H groups in total. The third-order valence-electron chi connectivity index (χ3n) is 3.32. The molecule has 2 aromatic rings. The van der Waals surface area contributed by atoms with Crippen molar-refractivity contribution in [2.75, 3.05) is 5.32 Å². The Morgan fingerprint density at radius 2 is 1.91 bits per heavy atom. The molecule has 5 nitrogen and oxygen atoms in total. The van der Waals surface area contributed by atoms with E-state index >= 15 is 0 Å². The van der Waals surface area contributed by atoms with Crippen LogP contribution < -0.4 is 10.6 Å². The largest absolute Gasteiger partial charge is 0.506 e. The van der Waals surface area contributed by atoms with Crippen molar-refractivity contribution in [2.24, 2.45) is 0 Å². The topological polar surface area (TPSA) is 85.2 Å². The summed E-state index contributed by atoms with van der Waals surface area (Å²) in [6.07, 6.45) is 1.38. The Labute approximate surface area is 134 Å². The third-order valence-corrected chi connectivity index (χ3v) is 3.32. The lowest BCUT2D eigenvalue weighted by atomic mass is 10.1. The lowest BCUT2D eigenvalue weighted by Gasteiger charge is -2.07. The van der Waals surface area contributed by atoms with Gasteiger partial charge in [0.1, 0.15) is 17.4 Å². The van der Waals surface area contributed by atoms with Gasteiger partial charge >= 0.3 is 0 Å². The van der Waals surface area contributed by atoms with Crippen LogP contribution in [-0.4, -0.2) is 11.0 Å². The lowest BCUT2D eigenvalue weighted by Crippen LogP contribution is -2.16. The molecule has 1 amide bonds. The van der Waals surface area contributed by atoms with Gasteiger partial charge in [-0.05, 0) is 30.2 Å². The number of phenols is 1. The molecule has 0 saturated heterocycles. The number of aryl methyl sites for hydroxylation is 1. The smallest absolute Gasteiger partial charge is 0.267 e. The van der Waals surface area contributed by atoms with Gasteiger partial charge in [-0.3, -0.25) is 4.79 Å². The number of nitrogens with one attached hydrogen (secondary N) is 2. The van der Waals surface area contributed by atoms with Gasteiger partial charge < -0.3 is 15.7 Å². The monoisotopic (exact) mass is 307 g/mol. The first-order valence-electron chi connectivity index (χ1n) is 7.09. The summed E-state index contributed by atoms with van der Waals surface area (Å²) >= 11 is 0. The fourth-order valence-electron chi connectivity index (χ4n) is 1.99. The number of nitriles is 1. The number of rotatable bonds is 5. The number of nitrogens with zero attached hydrogens (tertiary/aromatic N) is 1. The molecule has 0 aliphatic rings. The predicted octanol–water partition coefficient (Wildman–Crippen LogP) is 2.84. The molecule has 0 spiro atoms. The second-order valence-electron chi connectivity index (χ2n) is 4.95. The second-order valence-corrected chi connectivity index (χ2v) is 4.95. The van der Waals surface area contributed by atoms with Crippen molar-refractivity contribution in [2.45, 2.75) is 13.5 Å². The molecule has 2 aromatic carbocycles. The summed E-state index contributed by atoms with van der Waals surface area (Å²) < 4.78 is 0. The first kappa shape index (κ1) is 16.1. The van der Waals surface area contributed by atoms with Crippen LogP contribution in [0.15, 0.2) is 60.3 Å². The van der Waals surface area contributed by atoms with Gasteiger partial charge in [0.15, 0.2) is 0 Å². The van der Waals surface area contributed by atoms with Crippen LogP contribution in [0.25, 0.3) is 0 Å². The summed E-state index contributed by atoms with van der Waals surface area (Å²) in [5.41, 5.74) is 2.41. The Bertz CT molecular complexity index is 776. The standard InChI is InChI=1S/C18H17N3O2/c1-13-6-2-3-7-14(13)11-20-12-15(10-19)18(23)21-16-8-4-5-9-17(16)22/h2-9,12,20,22H,11H2,1H3,(H,21,23)/b15-12-. The molecule has 0 fully saturated rings. The molecular weight excluding hydrogens is 290 g/mol. The normalized spacial score (nSPS) is 10.7. The minimum atomic E-state index is -0.578. The molecule has 0 saturated carbocycles. The Kier molecular flexibility index (Phi) is 5.37. The van der Waals surface area contributed by atoms with Crippen molar-refractivity contribution in [3.05, 3.63) is 71.4 Å². The molecule has 0 bridgehead atoms. The van der Waals surface area contributed by atoms with E-state index in [1.54, 1.807) is 18.2 Å². The number of amides is 1. The average Bonchev–Trinajstić information content (AvgIpc) is 2.55. The van der Waals surface area contributed by atoms with Gasteiger partial charge in [-0.2, -0.15) is 5.26 Å². The summed E-state index contributed by atoms with van der Waals surface area (Å²) in [7, 11) is 0. The first-order chi connectivity index (χ1) is 11.1. The van der Waals surface area contributed by atoms with E-state index in [-0.39, 0.29) is 17.0 Å². The highest BCUT2D eigenvalue weighted by Gasteiger charge is 2.11. The van der Waals surface area contributed by atoms with Crippen LogP contribution >= 0.6 is 0 Å². The molecule has 116 valence electrons. The van der Waals surface area contributed by atoms with Crippen LogP contribution in [0.3, 0.4) is 0 Å². The number of phenolic OH excluding ortho intramolecular Hbond substituents is 1. The number of carbonyl (C=O) groups excluding carboxylic acids is 1. The Morgan fingerprint density at radius 1 is 1.22 bits per heavy atom. The molecule has 0 heterocycles. The van der Waals surface area contributed by atoms with Gasteiger partial charge in [-0.1, -0.05) is 36.4 Å². The van der Waals surface area contributed by atoms with Crippen molar-refractivity contribution in [1.82, 2.24) is 5.32 Å². The number of anilines is 1. The van der Waals surface area contributed by atoms with Crippen molar-refractivity contribution in [1.29, 1.82) is 5.26 Å². The number of hydrogen-bond acceptors (Lipinski definition) is 4. The minimum absolute atomic E-state index is 0.0500. The summed E-state index contributed by atoms with van der Waals surface area (Å²) in [5.74, 6) is -0.628. The van der Waals surface area contributed by atoms with E-state index in [0.717, 1.165) is 11.1 Å². The zero-order valence-corrected chi connectivity index (χ0v) is 12.7. The zero-order valence-electron chi connectivity index (χ0n) is 12.7. The van der Waals surface area contributed by atoms with Crippen molar-refractivity contribution >= 4 is 11.6 Å². The van der Waals surface area contributed by atoms with E-state index in [1.807, 2.05) is 37.3 Å². The highest BCUT2D eigenvalue weighted by atomic mass is 16.3. The Hall–Kier alpha value is -3.26. The van der Waals surface area contributed by atoms with E-state index in [0.29, 0.717) is 6.54 Å². The number of aromatic hydroxyl groups is 1. The fourth-order valence-corrected chi connectivity index (χ4v) is 1.99. The number of para-hydroxylation sites is 2. The second kappa shape index (κ2) is 7.66. The van der Waals surface area contributed by atoms with E-state index in [2.05, 4.69) is 10.6 Å². The molecule has 0 unspecified atom stereocenters. The molecule has 0 aliphatic heterocycles. The predicted molar refractivity (Wildman–Crippen MR) is 88.5 cm³/mol. The average molecular weight is 307 g/mol. The molecule has 0 aliphatic carbocycles. The SMILES string of the molecule is Cc1ccccc1CN/C=C(/C#N)C(=O)Nc1ccccc1O. The van der Waals surface area contributed by atoms with Crippen LogP contribution in [0.4, 0.5) is 5.69 Å². The van der Waals surface area contributed by atoms with Gasteiger partial charge in [-0.15, -0.1) is 0 Å². The van der Waals surface area contributed by atoms with Gasteiger partial charge in [0, 0.05) is 12.7 Å². The van der Waals surface area contributed by atoms with Crippen LogP contribution in [0, 0.1) is 18.3 Å². The van der Waals surface area contributed by atoms with Crippen LogP contribution in [0.1, 0.15) is 11.1 Å². The number of hydrogen-bond donors (Lipinski definition) is 3. The maximum absolute atomic E-state index is 12.1. The van der Waals surface area contributed by atoms with E-state index in [9.17, 15) is 9.90 Å². The summed E-state index contributed by atoms with van der Waals surface area (Å²) in [6.45, 7) is 2.51. The Morgan fingerprint density at radius 3 is 2.61 bits per heavy atom. The number of carbonyl (C=O) groups is 1. The fraction of sp³-hybridized carbons (Fsp3) is 0.111. The molecule has 0 radical (unpaired) electrons. The molecule has 5 heteroatoms. The quantitative estimate of drug-likeness (QED) is 0.450. The highest BCUT2D eigenvalue weighted by Crippen LogP contribution is 2.21. The molecule has 0 aromatic heterocycles.